The lowest BCUT2D eigenvalue weighted by molar-refractivity contribution is 0.542. The van der Waals surface area contributed by atoms with E-state index in [1.54, 1.807) is 25.6 Å². The Bertz CT molecular complexity index is 483. The number of sulfone groups is 1. The number of hydrogen-bond acceptors (Lipinski definition) is 4. The average molecular weight is 259 g/mol. The van der Waals surface area contributed by atoms with Crippen LogP contribution < -0.4 is 5.73 Å². The lowest BCUT2D eigenvalue weighted by atomic mass is 10.1. The minimum Gasteiger partial charge on any atom is -0.325 e. The third-order valence-corrected chi connectivity index (χ3v) is 4.27. The third-order valence-electron chi connectivity index (χ3n) is 2.35. The predicted octanol–water partition coefficient (Wildman–Crippen LogP) is 0.635. The molecule has 1 heterocycles. The summed E-state index contributed by atoms with van der Waals surface area (Å²) in [6.07, 6.45) is 0.802. The normalized spacial score (nSPS) is 13.0. The monoisotopic (exact) mass is 259 g/mol. The molecule has 0 amide bonds. The van der Waals surface area contributed by atoms with Crippen molar-refractivity contribution >= 4 is 9.84 Å². The molecule has 1 aromatic rings. The number of hydrogen-bond donors (Lipinski definition) is 1. The van der Waals surface area contributed by atoms with Gasteiger partial charge in [-0.15, -0.1) is 0 Å². The highest BCUT2D eigenvalue weighted by Gasteiger charge is 2.23. The van der Waals surface area contributed by atoms with Gasteiger partial charge in [0.2, 0.25) is 0 Å². The molecule has 0 atom stereocenters. The molecule has 1 rings (SSSR count). The van der Waals surface area contributed by atoms with Gasteiger partial charge in [-0.3, -0.25) is 4.68 Å². The maximum absolute atomic E-state index is 11.9. The van der Waals surface area contributed by atoms with Crippen LogP contribution in [0, 0.1) is 0 Å². The van der Waals surface area contributed by atoms with E-state index in [0.717, 1.165) is 12.1 Å². The molecule has 17 heavy (non-hydrogen) atoms. The molecule has 5 nitrogen and oxygen atoms in total. The van der Waals surface area contributed by atoms with Crippen LogP contribution in [0.1, 0.15) is 32.2 Å². The number of aromatic nitrogens is 2. The molecule has 0 aliphatic rings. The van der Waals surface area contributed by atoms with E-state index in [2.05, 4.69) is 5.10 Å². The lowest BCUT2D eigenvalue weighted by Gasteiger charge is -2.18. The Kier molecular flexibility index (Phi) is 3.99. The van der Waals surface area contributed by atoms with Crippen LogP contribution in [0.25, 0.3) is 0 Å². The summed E-state index contributed by atoms with van der Waals surface area (Å²) in [5.41, 5.74) is 6.66. The summed E-state index contributed by atoms with van der Waals surface area (Å²) in [5, 5.41) is 4.23. The molecule has 0 aliphatic carbocycles. The molecule has 0 spiro atoms. The topological polar surface area (TPSA) is 78.0 Å². The zero-order chi connectivity index (χ0) is 13.3. The van der Waals surface area contributed by atoms with Gasteiger partial charge < -0.3 is 5.73 Å². The third kappa shape index (κ3) is 4.47. The van der Waals surface area contributed by atoms with Crippen molar-refractivity contribution in [2.45, 2.75) is 38.5 Å². The predicted molar refractivity (Wildman–Crippen MR) is 68.3 cm³/mol. The summed E-state index contributed by atoms with van der Waals surface area (Å²) < 4.78 is 25.5. The maximum Gasteiger partial charge on any atom is 0.157 e. The van der Waals surface area contributed by atoms with Crippen LogP contribution in [0.3, 0.4) is 0 Å². The Morgan fingerprint density at radius 2 is 2.06 bits per heavy atom. The van der Waals surface area contributed by atoms with Crippen molar-refractivity contribution in [1.82, 2.24) is 9.78 Å². The largest absolute Gasteiger partial charge is 0.325 e. The van der Waals surface area contributed by atoms with Crippen molar-refractivity contribution in [1.29, 1.82) is 0 Å². The zero-order valence-corrected chi connectivity index (χ0v) is 11.7. The summed E-state index contributed by atoms with van der Waals surface area (Å²) in [7, 11) is -1.43. The molecule has 0 fully saturated rings. The van der Waals surface area contributed by atoms with Crippen LogP contribution in [-0.4, -0.2) is 29.5 Å². The van der Waals surface area contributed by atoms with Crippen LogP contribution in [0.15, 0.2) is 6.07 Å². The fraction of sp³-hybridized carbons (Fsp3) is 0.727. The molecule has 98 valence electrons. The maximum atomic E-state index is 11.9. The van der Waals surface area contributed by atoms with E-state index in [0.29, 0.717) is 5.69 Å². The number of aryl methyl sites for hydroxylation is 2. The van der Waals surface area contributed by atoms with Gasteiger partial charge in [-0.25, -0.2) is 8.42 Å². The Hall–Kier alpha value is -0.880. The van der Waals surface area contributed by atoms with Crippen molar-refractivity contribution < 1.29 is 8.42 Å². The second-order valence-electron chi connectivity index (χ2n) is 5.12. The first kappa shape index (κ1) is 14.2. The Morgan fingerprint density at radius 1 is 1.47 bits per heavy atom. The second-order valence-corrected chi connectivity index (χ2v) is 7.19. The van der Waals surface area contributed by atoms with Crippen molar-refractivity contribution in [2.24, 2.45) is 12.8 Å². The molecule has 0 unspecified atom stereocenters. The fourth-order valence-electron chi connectivity index (χ4n) is 1.72. The van der Waals surface area contributed by atoms with Gasteiger partial charge in [-0.05, 0) is 26.3 Å². The van der Waals surface area contributed by atoms with E-state index in [1.807, 2.05) is 13.0 Å². The Balaban J connectivity index is 2.87. The SMILES string of the molecule is CCc1cc(CS(=O)(=O)CC(C)(C)N)n(C)n1. The van der Waals surface area contributed by atoms with Gasteiger partial charge in [0.15, 0.2) is 9.84 Å². The van der Waals surface area contributed by atoms with E-state index in [4.69, 9.17) is 5.73 Å². The first-order valence-corrected chi connectivity index (χ1v) is 7.46. The highest BCUT2D eigenvalue weighted by Crippen LogP contribution is 2.12. The number of nitrogens with zero attached hydrogens (tertiary/aromatic N) is 2. The minimum absolute atomic E-state index is 0.00285. The number of rotatable bonds is 5. The first-order valence-electron chi connectivity index (χ1n) is 5.64. The van der Waals surface area contributed by atoms with Crippen LogP contribution in [0.2, 0.25) is 0 Å². The van der Waals surface area contributed by atoms with E-state index in [9.17, 15) is 8.42 Å². The first-order chi connectivity index (χ1) is 7.63. The zero-order valence-electron chi connectivity index (χ0n) is 10.9. The van der Waals surface area contributed by atoms with Crippen LogP contribution >= 0.6 is 0 Å². The summed E-state index contributed by atoms with van der Waals surface area (Å²) in [6.45, 7) is 5.42. The van der Waals surface area contributed by atoms with Gasteiger partial charge >= 0.3 is 0 Å². The highest BCUT2D eigenvalue weighted by atomic mass is 32.2. The van der Waals surface area contributed by atoms with Gasteiger partial charge in [0.25, 0.3) is 0 Å². The second kappa shape index (κ2) is 4.78. The van der Waals surface area contributed by atoms with Crippen LogP contribution in [-0.2, 0) is 29.1 Å². The van der Waals surface area contributed by atoms with Crippen molar-refractivity contribution in [2.75, 3.05) is 5.75 Å². The summed E-state index contributed by atoms with van der Waals surface area (Å²) >= 11 is 0. The van der Waals surface area contributed by atoms with Gasteiger partial charge in [-0.2, -0.15) is 5.10 Å². The fourth-order valence-corrected chi connectivity index (χ4v) is 3.68. The molecular weight excluding hydrogens is 238 g/mol. The Morgan fingerprint density at radius 3 is 2.47 bits per heavy atom. The highest BCUT2D eigenvalue weighted by molar-refractivity contribution is 7.90. The summed E-state index contributed by atoms with van der Waals surface area (Å²) in [5.74, 6) is -0.0240. The van der Waals surface area contributed by atoms with Gasteiger partial charge in [0, 0.05) is 12.6 Å². The standard InChI is InChI=1S/C11H21N3O2S/c1-5-9-6-10(14(4)13-9)7-17(15,16)8-11(2,3)12/h6H,5,7-8,12H2,1-4H3. The molecular formula is C11H21N3O2S. The molecule has 6 heteroatoms. The minimum atomic E-state index is -3.20. The molecule has 0 radical (unpaired) electrons. The molecule has 0 aliphatic heterocycles. The van der Waals surface area contributed by atoms with Gasteiger partial charge in [0.05, 0.1) is 22.9 Å². The lowest BCUT2D eigenvalue weighted by Crippen LogP contribution is -2.40. The van der Waals surface area contributed by atoms with Crippen molar-refractivity contribution in [3.63, 3.8) is 0 Å². The molecule has 0 bridgehead atoms. The number of nitrogens with two attached hydrogens (primary N) is 1. The molecule has 0 saturated carbocycles. The Labute approximate surface area is 103 Å². The van der Waals surface area contributed by atoms with Gasteiger partial charge in [-0.1, -0.05) is 6.92 Å². The van der Waals surface area contributed by atoms with Crippen molar-refractivity contribution in [3.05, 3.63) is 17.5 Å². The molecule has 0 aromatic carbocycles. The van der Waals surface area contributed by atoms with E-state index < -0.39 is 15.4 Å². The quantitative estimate of drug-likeness (QED) is 0.841. The molecule has 1 aromatic heterocycles. The van der Waals surface area contributed by atoms with E-state index in [-0.39, 0.29) is 11.5 Å². The summed E-state index contributed by atoms with van der Waals surface area (Å²) in [4.78, 5) is 0. The smallest absolute Gasteiger partial charge is 0.157 e. The summed E-state index contributed by atoms with van der Waals surface area (Å²) in [6, 6.07) is 1.83. The van der Waals surface area contributed by atoms with Crippen molar-refractivity contribution in [3.8, 4) is 0 Å². The van der Waals surface area contributed by atoms with Crippen LogP contribution in [0.5, 0.6) is 0 Å². The average Bonchev–Trinajstić information content (AvgIpc) is 2.42. The van der Waals surface area contributed by atoms with Crippen LogP contribution in [0.4, 0.5) is 0 Å². The molecule has 2 N–H and O–H groups in total. The van der Waals surface area contributed by atoms with Gasteiger partial charge in [0.1, 0.15) is 0 Å². The molecule has 0 saturated heterocycles. The van der Waals surface area contributed by atoms with E-state index >= 15 is 0 Å². The van der Waals surface area contributed by atoms with E-state index in [1.165, 1.54) is 0 Å².